The molecule has 3 nitrogen and oxygen atoms in total. The summed E-state index contributed by atoms with van der Waals surface area (Å²) < 4.78 is 0. The fourth-order valence-electron chi connectivity index (χ4n) is 2.98. The Labute approximate surface area is 128 Å². The summed E-state index contributed by atoms with van der Waals surface area (Å²) in [7, 11) is 1.86. The van der Waals surface area contributed by atoms with Crippen LogP contribution < -0.4 is 10.2 Å². The molecule has 1 aromatic carbocycles. The molecule has 1 aliphatic rings. The predicted octanol–water partition coefficient (Wildman–Crippen LogP) is 3.54. The molecule has 0 bridgehead atoms. The first-order chi connectivity index (χ1) is 9.95. The molecular weight excluding hydrogens is 260 g/mol. The molecule has 2 rings (SSSR count). The summed E-state index contributed by atoms with van der Waals surface area (Å²) in [5.41, 5.74) is 3.54. The van der Waals surface area contributed by atoms with Gasteiger partial charge in [0.05, 0.1) is 6.42 Å². The minimum absolute atomic E-state index is 0.192. The minimum Gasteiger partial charge on any atom is -0.315 e. The van der Waals surface area contributed by atoms with Crippen LogP contribution in [0.1, 0.15) is 51.3 Å². The summed E-state index contributed by atoms with van der Waals surface area (Å²) in [6, 6.07) is 6.86. The standard InChI is InChI=1S/C18H28N2O/c1-6-9-19-18(13(4)12(2)3)14-7-8-16-15(10-14)11-17(21)20(16)5/h7-8,10,12-13,18-19H,6,9,11H2,1-5H3. The number of amides is 1. The maximum absolute atomic E-state index is 11.8. The number of nitrogens with zero attached hydrogens (tertiary/aromatic N) is 1. The molecule has 0 aliphatic carbocycles. The lowest BCUT2D eigenvalue weighted by Crippen LogP contribution is -2.30. The van der Waals surface area contributed by atoms with E-state index in [9.17, 15) is 4.79 Å². The van der Waals surface area contributed by atoms with Crippen LogP contribution in [0.2, 0.25) is 0 Å². The number of anilines is 1. The summed E-state index contributed by atoms with van der Waals surface area (Å²) in [4.78, 5) is 13.6. The Kier molecular flexibility index (Phi) is 5.04. The molecule has 1 N–H and O–H groups in total. The van der Waals surface area contributed by atoms with Gasteiger partial charge in [0.2, 0.25) is 5.91 Å². The van der Waals surface area contributed by atoms with E-state index in [1.165, 1.54) is 11.1 Å². The van der Waals surface area contributed by atoms with Gasteiger partial charge in [-0.05, 0) is 42.0 Å². The zero-order valence-corrected chi connectivity index (χ0v) is 13.9. The van der Waals surface area contributed by atoms with Gasteiger partial charge in [0.1, 0.15) is 0 Å². The highest BCUT2D eigenvalue weighted by Crippen LogP contribution is 2.33. The Bertz CT molecular complexity index is 510. The van der Waals surface area contributed by atoms with Gasteiger partial charge in [-0.25, -0.2) is 0 Å². The highest BCUT2D eigenvalue weighted by Gasteiger charge is 2.27. The number of nitrogens with one attached hydrogen (secondary N) is 1. The SMILES string of the molecule is CCCNC(c1ccc2c(c1)CC(=O)N2C)C(C)C(C)C. The third-order valence-corrected chi connectivity index (χ3v) is 4.73. The van der Waals surface area contributed by atoms with Crippen LogP contribution in [0.15, 0.2) is 18.2 Å². The maximum atomic E-state index is 11.8. The molecule has 0 fully saturated rings. The third-order valence-electron chi connectivity index (χ3n) is 4.73. The molecular formula is C18H28N2O. The number of hydrogen-bond donors (Lipinski definition) is 1. The monoisotopic (exact) mass is 288 g/mol. The Hall–Kier alpha value is -1.35. The fraction of sp³-hybridized carbons (Fsp3) is 0.611. The van der Waals surface area contributed by atoms with Crippen molar-refractivity contribution in [2.75, 3.05) is 18.5 Å². The fourth-order valence-corrected chi connectivity index (χ4v) is 2.98. The first kappa shape index (κ1) is 16.0. The molecule has 2 atom stereocenters. The van der Waals surface area contributed by atoms with E-state index in [4.69, 9.17) is 0 Å². The molecule has 3 heteroatoms. The molecule has 0 spiro atoms. The highest BCUT2D eigenvalue weighted by molar-refractivity contribution is 6.00. The van der Waals surface area contributed by atoms with E-state index < -0.39 is 0 Å². The van der Waals surface area contributed by atoms with Crippen LogP contribution in [-0.2, 0) is 11.2 Å². The van der Waals surface area contributed by atoms with Gasteiger partial charge in [0.15, 0.2) is 0 Å². The Morgan fingerprint density at radius 3 is 2.62 bits per heavy atom. The van der Waals surface area contributed by atoms with Crippen molar-refractivity contribution < 1.29 is 4.79 Å². The minimum atomic E-state index is 0.192. The van der Waals surface area contributed by atoms with Crippen molar-refractivity contribution in [1.82, 2.24) is 5.32 Å². The van der Waals surface area contributed by atoms with Gasteiger partial charge in [-0.2, -0.15) is 0 Å². The molecule has 116 valence electrons. The average molecular weight is 288 g/mol. The lowest BCUT2D eigenvalue weighted by molar-refractivity contribution is -0.117. The predicted molar refractivity (Wildman–Crippen MR) is 88.6 cm³/mol. The van der Waals surface area contributed by atoms with Gasteiger partial charge in [0.25, 0.3) is 0 Å². The van der Waals surface area contributed by atoms with E-state index in [-0.39, 0.29) is 5.91 Å². The number of benzene rings is 1. The zero-order chi connectivity index (χ0) is 15.6. The van der Waals surface area contributed by atoms with E-state index in [0.717, 1.165) is 18.7 Å². The lowest BCUT2D eigenvalue weighted by atomic mass is 9.85. The quantitative estimate of drug-likeness (QED) is 0.868. The van der Waals surface area contributed by atoms with Crippen LogP contribution in [0.25, 0.3) is 0 Å². The van der Waals surface area contributed by atoms with Gasteiger partial charge in [0, 0.05) is 18.8 Å². The van der Waals surface area contributed by atoms with Crippen molar-refractivity contribution in [3.05, 3.63) is 29.3 Å². The number of carbonyl (C=O) groups is 1. The highest BCUT2D eigenvalue weighted by atomic mass is 16.2. The summed E-state index contributed by atoms with van der Waals surface area (Å²) in [6.45, 7) is 10.1. The first-order valence-corrected chi connectivity index (χ1v) is 8.08. The largest absolute Gasteiger partial charge is 0.315 e. The van der Waals surface area contributed by atoms with Crippen molar-refractivity contribution >= 4 is 11.6 Å². The normalized spacial score (nSPS) is 17.2. The summed E-state index contributed by atoms with van der Waals surface area (Å²) in [6.07, 6.45) is 1.67. The molecule has 1 heterocycles. The van der Waals surface area contributed by atoms with E-state index >= 15 is 0 Å². The second-order valence-corrected chi connectivity index (χ2v) is 6.55. The molecule has 2 unspecified atom stereocenters. The molecule has 21 heavy (non-hydrogen) atoms. The lowest BCUT2D eigenvalue weighted by Gasteiger charge is -2.29. The number of fused-ring (bicyclic) bond motifs is 1. The summed E-state index contributed by atoms with van der Waals surface area (Å²) in [5, 5.41) is 3.68. The second kappa shape index (κ2) is 6.61. The Morgan fingerprint density at radius 1 is 1.29 bits per heavy atom. The van der Waals surface area contributed by atoms with E-state index in [2.05, 4.69) is 51.2 Å². The number of likely N-dealkylation sites (N-methyl/N-ethyl adjacent to an activating group) is 1. The van der Waals surface area contributed by atoms with E-state index in [0.29, 0.717) is 24.3 Å². The van der Waals surface area contributed by atoms with Crippen LogP contribution >= 0.6 is 0 Å². The molecule has 0 saturated heterocycles. The molecule has 1 amide bonds. The average Bonchev–Trinajstić information content (AvgIpc) is 2.74. The van der Waals surface area contributed by atoms with Gasteiger partial charge in [-0.3, -0.25) is 4.79 Å². The van der Waals surface area contributed by atoms with Crippen molar-refractivity contribution in [2.45, 2.75) is 46.6 Å². The van der Waals surface area contributed by atoms with Gasteiger partial charge >= 0.3 is 0 Å². The molecule has 1 aliphatic heterocycles. The maximum Gasteiger partial charge on any atom is 0.231 e. The van der Waals surface area contributed by atoms with Gasteiger partial charge in [-0.15, -0.1) is 0 Å². The van der Waals surface area contributed by atoms with Crippen LogP contribution in [0.3, 0.4) is 0 Å². The van der Waals surface area contributed by atoms with Crippen molar-refractivity contribution in [3.8, 4) is 0 Å². The molecule has 1 aromatic rings. The van der Waals surface area contributed by atoms with E-state index in [1.54, 1.807) is 4.90 Å². The van der Waals surface area contributed by atoms with Crippen LogP contribution in [0.5, 0.6) is 0 Å². The first-order valence-electron chi connectivity index (χ1n) is 8.08. The Morgan fingerprint density at radius 2 is 2.00 bits per heavy atom. The smallest absolute Gasteiger partial charge is 0.231 e. The number of carbonyl (C=O) groups excluding carboxylic acids is 1. The van der Waals surface area contributed by atoms with E-state index in [1.807, 2.05) is 7.05 Å². The topological polar surface area (TPSA) is 32.3 Å². The van der Waals surface area contributed by atoms with Gasteiger partial charge < -0.3 is 10.2 Å². The second-order valence-electron chi connectivity index (χ2n) is 6.55. The van der Waals surface area contributed by atoms with Crippen molar-refractivity contribution in [2.24, 2.45) is 11.8 Å². The summed E-state index contributed by atoms with van der Waals surface area (Å²) >= 11 is 0. The third kappa shape index (κ3) is 3.29. The van der Waals surface area contributed by atoms with Crippen LogP contribution in [0, 0.1) is 11.8 Å². The van der Waals surface area contributed by atoms with Gasteiger partial charge in [-0.1, -0.05) is 39.8 Å². The zero-order valence-electron chi connectivity index (χ0n) is 13.9. The van der Waals surface area contributed by atoms with Crippen LogP contribution in [-0.4, -0.2) is 19.5 Å². The molecule has 0 saturated carbocycles. The number of rotatable bonds is 6. The van der Waals surface area contributed by atoms with Crippen molar-refractivity contribution in [3.63, 3.8) is 0 Å². The number of hydrogen-bond acceptors (Lipinski definition) is 2. The van der Waals surface area contributed by atoms with Crippen molar-refractivity contribution in [1.29, 1.82) is 0 Å². The summed E-state index contributed by atoms with van der Waals surface area (Å²) in [5.74, 6) is 1.37. The Balaban J connectivity index is 2.29. The van der Waals surface area contributed by atoms with Crippen LogP contribution in [0.4, 0.5) is 5.69 Å². The molecule has 0 radical (unpaired) electrons. The molecule has 0 aromatic heterocycles.